The molecule has 1 aromatic rings. The van der Waals surface area contributed by atoms with Gasteiger partial charge in [0.25, 0.3) is 0 Å². The van der Waals surface area contributed by atoms with Gasteiger partial charge in [0.15, 0.2) is 0 Å². The van der Waals surface area contributed by atoms with Crippen molar-refractivity contribution in [1.29, 1.82) is 5.26 Å². The van der Waals surface area contributed by atoms with Gasteiger partial charge in [-0.25, -0.2) is 0 Å². The Balaban J connectivity index is 2.40. The maximum absolute atomic E-state index is 9.53. The molecule has 2 nitrogen and oxygen atoms in total. The van der Waals surface area contributed by atoms with Gasteiger partial charge in [0, 0.05) is 6.54 Å². The molecule has 2 rings (SSSR count). The van der Waals surface area contributed by atoms with E-state index in [1.165, 1.54) is 0 Å². The first kappa shape index (κ1) is 14.3. The molecule has 0 spiro atoms. The van der Waals surface area contributed by atoms with Gasteiger partial charge in [-0.1, -0.05) is 49.8 Å². The third-order valence-electron chi connectivity index (χ3n) is 3.42. The lowest BCUT2D eigenvalue weighted by Crippen LogP contribution is -2.08. The number of nitriles is 1. The van der Waals surface area contributed by atoms with Crippen LogP contribution in [0.3, 0.4) is 0 Å². The van der Waals surface area contributed by atoms with Crippen molar-refractivity contribution >= 4 is 11.3 Å². The highest BCUT2D eigenvalue weighted by Gasteiger charge is 2.15. The first-order valence-electron chi connectivity index (χ1n) is 7.27. The Bertz CT molecular complexity index is 571. The molecule has 0 atom stereocenters. The van der Waals surface area contributed by atoms with E-state index in [-0.39, 0.29) is 0 Å². The molecule has 20 heavy (non-hydrogen) atoms. The van der Waals surface area contributed by atoms with Crippen LogP contribution in [0.4, 0.5) is 0 Å². The van der Waals surface area contributed by atoms with Gasteiger partial charge in [0.05, 0.1) is 11.3 Å². The number of aliphatic imine (C=N–C) groups is 1. The summed E-state index contributed by atoms with van der Waals surface area (Å²) in [5.74, 6) is 0. The van der Waals surface area contributed by atoms with Crippen LogP contribution in [0.2, 0.25) is 0 Å². The fourth-order valence-electron chi connectivity index (χ4n) is 2.32. The molecule has 1 aliphatic carbocycles. The van der Waals surface area contributed by atoms with E-state index in [1.54, 1.807) is 0 Å². The van der Waals surface area contributed by atoms with E-state index in [2.05, 4.69) is 30.1 Å². The van der Waals surface area contributed by atoms with Gasteiger partial charge in [0.2, 0.25) is 0 Å². The Labute approximate surface area is 121 Å². The minimum absolute atomic E-state index is 0.769. The van der Waals surface area contributed by atoms with Gasteiger partial charge in [-0.3, -0.25) is 4.99 Å². The Morgan fingerprint density at radius 1 is 1.30 bits per heavy atom. The Morgan fingerprint density at radius 3 is 2.80 bits per heavy atom. The smallest absolute Gasteiger partial charge is 0.100 e. The van der Waals surface area contributed by atoms with Crippen LogP contribution >= 0.6 is 0 Å². The molecule has 102 valence electrons. The topological polar surface area (TPSA) is 36.1 Å². The van der Waals surface area contributed by atoms with Gasteiger partial charge in [-0.05, 0) is 36.5 Å². The molecule has 0 bridgehead atoms. The molecule has 0 fully saturated rings. The average molecular weight is 264 g/mol. The van der Waals surface area contributed by atoms with Crippen molar-refractivity contribution in [3.8, 4) is 6.07 Å². The van der Waals surface area contributed by atoms with Crippen LogP contribution in [0.15, 0.2) is 53.0 Å². The van der Waals surface area contributed by atoms with Crippen molar-refractivity contribution in [2.24, 2.45) is 4.99 Å². The molecule has 0 heterocycles. The van der Waals surface area contributed by atoms with Crippen LogP contribution in [0.25, 0.3) is 5.57 Å². The zero-order chi connectivity index (χ0) is 14.2. The molecule has 1 aliphatic rings. The van der Waals surface area contributed by atoms with Crippen LogP contribution in [0, 0.1) is 11.3 Å². The highest BCUT2D eigenvalue weighted by Crippen LogP contribution is 2.26. The fourth-order valence-corrected chi connectivity index (χ4v) is 2.32. The summed E-state index contributed by atoms with van der Waals surface area (Å²) in [4.78, 5) is 4.67. The van der Waals surface area contributed by atoms with Gasteiger partial charge >= 0.3 is 0 Å². The summed E-state index contributed by atoms with van der Waals surface area (Å²) in [6, 6.07) is 12.3. The second kappa shape index (κ2) is 7.45. The van der Waals surface area contributed by atoms with Crippen LogP contribution in [0.5, 0.6) is 0 Å². The summed E-state index contributed by atoms with van der Waals surface area (Å²) in [5.41, 5.74) is 3.84. The maximum Gasteiger partial charge on any atom is 0.100 e. The standard InChI is InChI=1S/C18H20N2/c1-2-3-13-20-18-12-8-7-11-16(18)17(14-19)15-9-5-4-6-10-15/h4-6,8-10,12H,2-3,7,11,13H2,1H3. The lowest BCUT2D eigenvalue weighted by molar-refractivity contribution is 0.807. The molecule has 0 aromatic heterocycles. The quantitative estimate of drug-likeness (QED) is 0.580. The molecule has 0 aliphatic heterocycles. The van der Waals surface area contributed by atoms with Crippen LogP contribution in [-0.4, -0.2) is 12.3 Å². The van der Waals surface area contributed by atoms with Crippen molar-refractivity contribution in [2.75, 3.05) is 6.54 Å². The lowest BCUT2D eigenvalue weighted by atomic mass is 9.91. The fraction of sp³-hybridized carbons (Fsp3) is 0.333. The average Bonchev–Trinajstić information content (AvgIpc) is 2.51. The SMILES string of the molecule is CCCCN=C1C=CCCC1=C(C#N)c1ccccc1. The number of benzene rings is 1. The summed E-state index contributed by atoms with van der Waals surface area (Å²) >= 11 is 0. The van der Waals surface area contributed by atoms with Crippen molar-refractivity contribution in [3.63, 3.8) is 0 Å². The van der Waals surface area contributed by atoms with Gasteiger partial charge in [-0.15, -0.1) is 0 Å². The first-order chi connectivity index (χ1) is 9.86. The summed E-state index contributed by atoms with van der Waals surface area (Å²) in [6.07, 6.45) is 8.34. The summed E-state index contributed by atoms with van der Waals surface area (Å²) in [7, 11) is 0. The summed E-state index contributed by atoms with van der Waals surface area (Å²) in [6.45, 7) is 3.01. The van der Waals surface area contributed by atoms with E-state index in [9.17, 15) is 5.26 Å². The van der Waals surface area contributed by atoms with E-state index in [1.807, 2.05) is 30.3 Å². The highest BCUT2D eigenvalue weighted by atomic mass is 14.7. The number of hydrogen-bond acceptors (Lipinski definition) is 2. The second-order valence-electron chi connectivity index (χ2n) is 4.89. The monoisotopic (exact) mass is 264 g/mol. The molecule has 0 amide bonds. The lowest BCUT2D eigenvalue weighted by Gasteiger charge is -2.14. The molecular formula is C18H20N2. The Hall–Kier alpha value is -2.14. The highest BCUT2D eigenvalue weighted by molar-refractivity contribution is 6.15. The molecule has 0 N–H and O–H groups in total. The third-order valence-corrected chi connectivity index (χ3v) is 3.42. The zero-order valence-electron chi connectivity index (χ0n) is 12.0. The molecule has 0 unspecified atom stereocenters. The number of hydrogen-bond donors (Lipinski definition) is 0. The Kier molecular flexibility index (Phi) is 5.32. The van der Waals surface area contributed by atoms with E-state index >= 15 is 0 Å². The van der Waals surface area contributed by atoms with Gasteiger partial charge < -0.3 is 0 Å². The number of nitrogens with zero attached hydrogens (tertiary/aromatic N) is 2. The zero-order valence-corrected chi connectivity index (χ0v) is 12.0. The van der Waals surface area contributed by atoms with Crippen molar-refractivity contribution in [1.82, 2.24) is 0 Å². The first-order valence-corrected chi connectivity index (χ1v) is 7.27. The van der Waals surface area contributed by atoms with Crippen molar-refractivity contribution < 1.29 is 0 Å². The minimum Gasteiger partial charge on any atom is -0.285 e. The normalized spacial score (nSPS) is 18.9. The van der Waals surface area contributed by atoms with E-state index in [0.29, 0.717) is 0 Å². The third kappa shape index (κ3) is 3.45. The largest absolute Gasteiger partial charge is 0.285 e. The molecular weight excluding hydrogens is 244 g/mol. The predicted molar refractivity (Wildman–Crippen MR) is 84.6 cm³/mol. The molecule has 0 saturated heterocycles. The Morgan fingerprint density at radius 2 is 2.10 bits per heavy atom. The summed E-state index contributed by atoms with van der Waals surface area (Å²) < 4.78 is 0. The number of allylic oxidation sites excluding steroid dienone is 4. The molecule has 0 radical (unpaired) electrons. The minimum atomic E-state index is 0.769. The molecule has 0 saturated carbocycles. The van der Waals surface area contributed by atoms with E-state index < -0.39 is 0 Å². The van der Waals surface area contributed by atoms with Crippen LogP contribution in [-0.2, 0) is 0 Å². The van der Waals surface area contributed by atoms with Crippen molar-refractivity contribution in [3.05, 3.63) is 53.6 Å². The number of rotatable bonds is 4. The van der Waals surface area contributed by atoms with Crippen molar-refractivity contribution in [2.45, 2.75) is 32.6 Å². The van der Waals surface area contributed by atoms with E-state index in [4.69, 9.17) is 0 Å². The van der Waals surface area contributed by atoms with Crippen LogP contribution in [0.1, 0.15) is 38.2 Å². The molecule has 2 heteroatoms. The summed E-state index contributed by atoms with van der Waals surface area (Å²) in [5, 5.41) is 9.53. The van der Waals surface area contributed by atoms with Gasteiger partial charge in [0.1, 0.15) is 6.07 Å². The van der Waals surface area contributed by atoms with Gasteiger partial charge in [-0.2, -0.15) is 5.26 Å². The molecule has 1 aromatic carbocycles. The number of unbranched alkanes of at least 4 members (excludes halogenated alkanes) is 1. The predicted octanol–water partition coefficient (Wildman–Crippen LogP) is 4.55. The second-order valence-corrected chi connectivity index (χ2v) is 4.89. The van der Waals surface area contributed by atoms with Crippen LogP contribution < -0.4 is 0 Å². The van der Waals surface area contributed by atoms with E-state index in [0.717, 1.165) is 54.6 Å². The maximum atomic E-state index is 9.53.